The summed E-state index contributed by atoms with van der Waals surface area (Å²) in [6.45, 7) is 1.88. The molecule has 0 aromatic heterocycles. The van der Waals surface area contributed by atoms with E-state index in [1.807, 2.05) is 13.0 Å². The molecule has 0 bridgehead atoms. The Morgan fingerprint density at radius 1 is 1.55 bits per heavy atom. The molecule has 1 aromatic rings. The number of thioether (sulfide) groups is 1. The molecule has 0 aliphatic carbocycles. The van der Waals surface area contributed by atoms with Gasteiger partial charge in [-0.2, -0.15) is 0 Å². The minimum atomic E-state index is -1.01. The van der Waals surface area contributed by atoms with Gasteiger partial charge in [0.15, 0.2) is 5.17 Å². The van der Waals surface area contributed by atoms with Gasteiger partial charge in [0.1, 0.15) is 5.25 Å². The quantitative estimate of drug-likeness (QED) is 0.911. The lowest BCUT2D eigenvalue weighted by Crippen LogP contribution is -2.41. The van der Waals surface area contributed by atoms with Crippen molar-refractivity contribution in [3.05, 3.63) is 28.8 Å². The van der Waals surface area contributed by atoms with Crippen LogP contribution in [-0.2, 0) is 9.59 Å². The second kappa shape index (κ2) is 5.85. The number of aliphatic imine (C=N–C) groups is 1. The lowest BCUT2D eigenvalue weighted by molar-refractivity contribution is -0.139. The van der Waals surface area contributed by atoms with Gasteiger partial charge in [0, 0.05) is 12.1 Å². The van der Waals surface area contributed by atoms with Crippen molar-refractivity contribution in [2.24, 2.45) is 4.99 Å². The van der Waals surface area contributed by atoms with Gasteiger partial charge in [-0.15, -0.1) is 0 Å². The predicted molar refractivity (Wildman–Crippen MR) is 79.7 cm³/mol. The molecule has 2 rings (SSSR count). The number of benzene rings is 1. The predicted octanol–water partition coefficient (Wildman–Crippen LogP) is 2.68. The average Bonchev–Trinajstić information content (AvgIpc) is 2.38. The molecule has 20 heavy (non-hydrogen) atoms. The molecule has 5 nitrogen and oxygen atoms in total. The van der Waals surface area contributed by atoms with Gasteiger partial charge in [-0.1, -0.05) is 29.4 Å². The number of carbonyl (C=O) groups is 2. The van der Waals surface area contributed by atoms with Crippen LogP contribution in [0.1, 0.15) is 12.0 Å². The van der Waals surface area contributed by atoms with Crippen molar-refractivity contribution in [3.8, 4) is 0 Å². The van der Waals surface area contributed by atoms with Crippen LogP contribution < -0.4 is 0 Å². The zero-order valence-corrected chi connectivity index (χ0v) is 12.5. The first-order valence-corrected chi connectivity index (χ1v) is 7.15. The van der Waals surface area contributed by atoms with Gasteiger partial charge in [0.25, 0.3) is 0 Å². The summed E-state index contributed by atoms with van der Waals surface area (Å²) in [4.78, 5) is 28.5. The van der Waals surface area contributed by atoms with E-state index in [-0.39, 0.29) is 12.3 Å². The van der Waals surface area contributed by atoms with E-state index in [0.717, 1.165) is 17.3 Å². The molecular formula is C13H13ClN2O3S. The second-order valence-corrected chi connectivity index (χ2v) is 6.01. The van der Waals surface area contributed by atoms with Gasteiger partial charge in [-0.3, -0.25) is 14.5 Å². The lowest BCUT2D eigenvalue weighted by atomic mass is 10.2. The standard InChI is InChI=1S/C13H13ClN2O3S/c1-7-3-4-8(5-9(7)14)15-13-16(2)11(17)6-10(20-13)12(18)19/h3-5,10H,6H2,1-2H3,(H,18,19). The van der Waals surface area contributed by atoms with Gasteiger partial charge in [-0.25, -0.2) is 4.99 Å². The third-order valence-corrected chi connectivity index (χ3v) is 4.56. The number of amides is 1. The van der Waals surface area contributed by atoms with Crippen molar-refractivity contribution in [2.75, 3.05) is 7.05 Å². The molecule has 106 valence electrons. The Balaban J connectivity index is 2.32. The molecule has 7 heteroatoms. The Hall–Kier alpha value is -1.53. The molecule has 1 fully saturated rings. The fourth-order valence-electron chi connectivity index (χ4n) is 1.65. The van der Waals surface area contributed by atoms with E-state index >= 15 is 0 Å². The number of aliphatic carboxylic acids is 1. The SMILES string of the molecule is Cc1ccc(N=C2SC(C(=O)O)CC(=O)N2C)cc1Cl. The fraction of sp³-hybridized carbons (Fsp3) is 0.308. The van der Waals surface area contributed by atoms with Crippen LogP contribution in [0.15, 0.2) is 23.2 Å². The molecule has 0 saturated carbocycles. The van der Waals surface area contributed by atoms with Gasteiger partial charge in [-0.05, 0) is 24.6 Å². The zero-order valence-electron chi connectivity index (χ0n) is 11.0. The average molecular weight is 313 g/mol. The summed E-state index contributed by atoms with van der Waals surface area (Å²) < 4.78 is 0. The molecule has 1 heterocycles. The van der Waals surface area contributed by atoms with Crippen molar-refractivity contribution in [3.63, 3.8) is 0 Å². The topological polar surface area (TPSA) is 70.0 Å². The van der Waals surface area contributed by atoms with E-state index in [1.165, 1.54) is 4.90 Å². The summed E-state index contributed by atoms with van der Waals surface area (Å²) in [6.07, 6.45) is -0.0236. The summed E-state index contributed by atoms with van der Waals surface area (Å²) in [6, 6.07) is 5.29. The molecule has 1 saturated heterocycles. The normalized spacial score (nSPS) is 21.4. The fourth-order valence-corrected chi connectivity index (χ4v) is 2.83. The number of hydrogen-bond donors (Lipinski definition) is 1. The molecule has 1 aromatic carbocycles. The number of aryl methyl sites for hydroxylation is 1. The number of rotatable bonds is 2. The number of carboxylic acid groups (broad SMARTS) is 1. The van der Waals surface area contributed by atoms with Crippen molar-refractivity contribution in [1.82, 2.24) is 4.90 Å². The summed E-state index contributed by atoms with van der Waals surface area (Å²) >= 11 is 7.09. The van der Waals surface area contributed by atoms with Crippen LogP contribution in [0.3, 0.4) is 0 Å². The van der Waals surface area contributed by atoms with Crippen molar-refractivity contribution < 1.29 is 14.7 Å². The van der Waals surface area contributed by atoms with Crippen molar-refractivity contribution in [2.45, 2.75) is 18.6 Å². The molecule has 0 spiro atoms. The molecule has 1 amide bonds. The minimum absolute atomic E-state index is 0.0236. The molecule has 1 atom stereocenters. The molecule has 1 N–H and O–H groups in total. The molecule has 1 aliphatic rings. The van der Waals surface area contributed by atoms with Crippen LogP contribution >= 0.6 is 23.4 Å². The van der Waals surface area contributed by atoms with Crippen LogP contribution in [0.2, 0.25) is 5.02 Å². The number of carboxylic acids is 1. The monoisotopic (exact) mass is 312 g/mol. The Morgan fingerprint density at radius 2 is 2.25 bits per heavy atom. The van der Waals surface area contributed by atoms with Crippen molar-refractivity contribution >= 4 is 46.1 Å². The molecular weight excluding hydrogens is 300 g/mol. The maximum Gasteiger partial charge on any atom is 0.317 e. The first kappa shape index (κ1) is 14.9. The van der Waals surface area contributed by atoms with Gasteiger partial charge < -0.3 is 5.11 Å². The summed E-state index contributed by atoms with van der Waals surface area (Å²) in [5.74, 6) is -1.26. The molecule has 1 aliphatic heterocycles. The summed E-state index contributed by atoms with van der Waals surface area (Å²) in [5.41, 5.74) is 1.52. The van der Waals surface area contributed by atoms with Crippen LogP contribution in [-0.4, -0.2) is 39.3 Å². The summed E-state index contributed by atoms with van der Waals surface area (Å²) in [7, 11) is 1.59. The maximum atomic E-state index is 11.8. The lowest BCUT2D eigenvalue weighted by Gasteiger charge is -2.27. The minimum Gasteiger partial charge on any atom is -0.480 e. The molecule has 0 radical (unpaired) electrons. The first-order chi connectivity index (χ1) is 9.38. The number of nitrogens with zero attached hydrogens (tertiary/aromatic N) is 2. The van der Waals surface area contributed by atoms with E-state index in [2.05, 4.69) is 4.99 Å². The van der Waals surface area contributed by atoms with Crippen LogP contribution in [0.5, 0.6) is 0 Å². The van der Waals surface area contributed by atoms with Crippen molar-refractivity contribution in [1.29, 1.82) is 0 Å². The van der Waals surface area contributed by atoms with Crippen LogP contribution in [0.4, 0.5) is 5.69 Å². The maximum absolute atomic E-state index is 11.8. The van der Waals surface area contributed by atoms with Crippen LogP contribution in [0, 0.1) is 6.92 Å². The number of halogens is 1. The highest BCUT2D eigenvalue weighted by Gasteiger charge is 2.33. The zero-order chi connectivity index (χ0) is 14.9. The van der Waals surface area contributed by atoms with E-state index < -0.39 is 11.2 Å². The Bertz CT molecular complexity index is 603. The van der Waals surface area contributed by atoms with Gasteiger partial charge in [0.05, 0.1) is 12.1 Å². The van der Waals surface area contributed by atoms with E-state index in [0.29, 0.717) is 15.9 Å². The Morgan fingerprint density at radius 3 is 2.85 bits per heavy atom. The number of carbonyl (C=O) groups excluding carboxylic acids is 1. The van der Waals surface area contributed by atoms with E-state index in [4.69, 9.17) is 16.7 Å². The third kappa shape index (κ3) is 3.13. The molecule has 1 unspecified atom stereocenters. The smallest absolute Gasteiger partial charge is 0.317 e. The highest BCUT2D eigenvalue weighted by molar-refractivity contribution is 8.15. The van der Waals surface area contributed by atoms with Gasteiger partial charge in [0.2, 0.25) is 5.91 Å². The van der Waals surface area contributed by atoms with E-state index in [1.54, 1.807) is 19.2 Å². The Labute approximate surface area is 125 Å². The number of hydrogen-bond acceptors (Lipinski definition) is 4. The first-order valence-electron chi connectivity index (χ1n) is 5.89. The van der Waals surface area contributed by atoms with Crippen LogP contribution in [0.25, 0.3) is 0 Å². The third-order valence-electron chi connectivity index (χ3n) is 2.92. The Kier molecular flexibility index (Phi) is 4.35. The highest BCUT2D eigenvalue weighted by Crippen LogP contribution is 2.29. The van der Waals surface area contributed by atoms with E-state index in [9.17, 15) is 9.59 Å². The summed E-state index contributed by atoms with van der Waals surface area (Å²) in [5, 5.41) is 9.19. The van der Waals surface area contributed by atoms with Gasteiger partial charge >= 0.3 is 5.97 Å². The number of amidine groups is 1. The largest absolute Gasteiger partial charge is 0.480 e. The second-order valence-electron chi connectivity index (χ2n) is 4.43. The highest BCUT2D eigenvalue weighted by atomic mass is 35.5.